The smallest absolute Gasteiger partial charge is 0.323 e. The molecule has 0 saturated carbocycles. The van der Waals surface area contributed by atoms with E-state index in [-0.39, 0.29) is 12.1 Å². The number of rotatable bonds is 3. The number of morpholine rings is 1. The molecule has 8 heteroatoms. The van der Waals surface area contributed by atoms with E-state index in [4.69, 9.17) is 4.74 Å². The zero-order chi connectivity index (χ0) is 17.8. The van der Waals surface area contributed by atoms with Gasteiger partial charge in [-0.05, 0) is 31.0 Å². The number of amides is 2. The van der Waals surface area contributed by atoms with E-state index in [1.54, 1.807) is 23.4 Å². The Labute approximate surface area is 152 Å². The van der Waals surface area contributed by atoms with Crippen LogP contribution in [0.25, 0.3) is 0 Å². The second-order valence-corrected chi connectivity index (χ2v) is 6.43. The van der Waals surface area contributed by atoms with E-state index in [0.717, 1.165) is 24.7 Å². The number of ether oxygens (including phenoxy) is 1. The topological polar surface area (TPSA) is 83.5 Å². The van der Waals surface area contributed by atoms with Crippen molar-refractivity contribution in [3.63, 3.8) is 0 Å². The molecular formula is C18H22N6O2. The van der Waals surface area contributed by atoms with Crippen LogP contribution >= 0.6 is 0 Å². The zero-order valence-corrected chi connectivity index (χ0v) is 14.5. The van der Waals surface area contributed by atoms with Gasteiger partial charge in [-0.1, -0.05) is 6.07 Å². The summed E-state index contributed by atoms with van der Waals surface area (Å²) in [5.74, 6) is 1.29. The quantitative estimate of drug-likeness (QED) is 0.909. The summed E-state index contributed by atoms with van der Waals surface area (Å²) in [7, 11) is 0. The average molecular weight is 354 g/mol. The number of carbonyl (C=O) groups excluding carboxylic acids is 1. The van der Waals surface area contributed by atoms with Crippen molar-refractivity contribution < 1.29 is 9.53 Å². The normalized spacial score (nSPS) is 20.2. The summed E-state index contributed by atoms with van der Waals surface area (Å²) in [6.07, 6.45) is 5.52. The highest BCUT2D eigenvalue weighted by atomic mass is 16.5. The highest BCUT2D eigenvalue weighted by Gasteiger charge is 2.27. The highest BCUT2D eigenvalue weighted by molar-refractivity contribution is 5.88. The molecule has 4 heterocycles. The monoisotopic (exact) mass is 354 g/mol. The van der Waals surface area contributed by atoms with Gasteiger partial charge in [0.25, 0.3) is 0 Å². The van der Waals surface area contributed by atoms with Crippen molar-refractivity contribution in [2.45, 2.75) is 18.9 Å². The summed E-state index contributed by atoms with van der Waals surface area (Å²) in [6.45, 7) is 3.46. The molecule has 2 saturated heterocycles. The van der Waals surface area contributed by atoms with Crippen LogP contribution in [0.2, 0.25) is 0 Å². The predicted molar refractivity (Wildman–Crippen MR) is 97.0 cm³/mol. The maximum Gasteiger partial charge on any atom is 0.323 e. The van der Waals surface area contributed by atoms with Crippen molar-refractivity contribution in [3.8, 4) is 0 Å². The number of hydrogen-bond acceptors (Lipinski definition) is 6. The van der Waals surface area contributed by atoms with Crippen molar-refractivity contribution in [1.82, 2.24) is 19.9 Å². The molecule has 1 atom stereocenters. The van der Waals surface area contributed by atoms with E-state index >= 15 is 0 Å². The number of pyridine rings is 1. The van der Waals surface area contributed by atoms with Gasteiger partial charge in [-0.3, -0.25) is 5.32 Å². The summed E-state index contributed by atoms with van der Waals surface area (Å²) in [6, 6.07) is 7.11. The van der Waals surface area contributed by atoms with Gasteiger partial charge in [0.05, 0.1) is 18.8 Å². The fourth-order valence-electron chi connectivity index (χ4n) is 3.25. The first-order valence-corrected chi connectivity index (χ1v) is 8.96. The number of nitrogens with zero attached hydrogens (tertiary/aromatic N) is 5. The molecule has 2 fully saturated rings. The lowest BCUT2D eigenvalue weighted by atomic mass is 10.2. The van der Waals surface area contributed by atoms with Crippen LogP contribution in [0.5, 0.6) is 0 Å². The van der Waals surface area contributed by atoms with Crippen LogP contribution in [0.1, 0.15) is 24.6 Å². The molecule has 2 aliphatic rings. The molecule has 2 amide bonds. The molecule has 0 aromatic carbocycles. The number of anilines is 2. The fourth-order valence-corrected chi connectivity index (χ4v) is 3.25. The number of carbonyl (C=O) groups is 1. The van der Waals surface area contributed by atoms with Gasteiger partial charge < -0.3 is 14.5 Å². The van der Waals surface area contributed by atoms with E-state index in [9.17, 15) is 4.79 Å². The molecule has 0 radical (unpaired) electrons. The maximum atomic E-state index is 12.5. The summed E-state index contributed by atoms with van der Waals surface area (Å²) in [5.41, 5.74) is 0.817. The highest BCUT2D eigenvalue weighted by Crippen LogP contribution is 2.23. The van der Waals surface area contributed by atoms with E-state index in [2.05, 4.69) is 25.2 Å². The maximum absolute atomic E-state index is 12.5. The SMILES string of the molecule is O=C(Nc1ccccn1)N1CCO[C@@H](c2ccnc(N3CCCC3)n2)C1. The zero-order valence-electron chi connectivity index (χ0n) is 14.5. The molecule has 0 spiro atoms. The Kier molecular flexibility index (Phi) is 4.92. The minimum Gasteiger partial charge on any atom is -0.368 e. The van der Waals surface area contributed by atoms with Gasteiger partial charge in [0.2, 0.25) is 5.95 Å². The van der Waals surface area contributed by atoms with E-state index in [1.165, 1.54) is 12.8 Å². The van der Waals surface area contributed by atoms with Gasteiger partial charge in [-0.15, -0.1) is 0 Å². The Morgan fingerprint density at radius 2 is 2.00 bits per heavy atom. The van der Waals surface area contributed by atoms with Crippen LogP contribution in [0.3, 0.4) is 0 Å². The Balaban J connectivity index is 1.43. The molecule has 8 nitrogen and oxygen atoms in total. The van der Waals surface area contributed by atoms with Crippen molar-refractivity contribution in [3.05, 3.63) is 42.4 Å². The molecule has 0 unspecified atom stereocenters. The molecule has 136 valence electrons. The van der Waals surface area contributed by atoms with E-state index in [1.807, 2.05) is 18.2 Å². The third-order valence-corrected chi connectivity index (χ3v) is 4.64. The molecular weight excluding hydrogens is 332 g/mol. The van der Waals surface area contributed by atoms with Gasteiger partial charge in [-0.2, -0.15) is 0 Å². The van der Waals surface area contributed by atoms with Crippen molar-refractivity contribution in [2.24, 2.45) is 0 Å². The summed E-state index contributed by atoms with van der Waals surface area (Å²) < 4.78 is 5.87. The Hall–Kier alpha value is -2.74. The summed E-state index contributed by atoms with van der Waals surface area (Å²) >= 11 is 0. The van der Waals surface area contributed by atoms with E-state index in [0.29, 0.717) is 25.5 Å². The lowest BCUT2D eigenvalue weighted by molar-refractivity contribution is -0.0157. The number of nitrogens with one attached hydrogen (secondary N) is 1. The second kappa shape index (κ2) is 7.65. The standard InChI is InChI=1S/C18H22N6O2/c25-18(22-16-5-1-2-7-19-16)24-11-12-26-15(13-24)14-6-8-20-17(21-14)23-9-3-4-10-23/h1-2,5-8,15H,3-4,9-13H2,(H,19,22,25)/t15-/m1/s1. The Morgan fingerprint density at radius 1 is 1.12 bits per heavy atom. The second-order valence-electron chi connectivity index (χ2n) is 6.43. The number of urea groups is 1. The number of aromatic nitrogens is 3. The predicted octanol–water partition coefficient (Wildman–Crippen LogP) is 2.08. The number of hydrogen-bond donors (Lipinski definition) is 1. The van der Waals surface area contributed by atoms with Crippen LogP contribution in [-0.4, -0.2) is 58.7 Å². The third-order valence-electron chi connectivity index (χ3n) is 4.64. The van der Waals surface area contributed by atoms with E-state index < -0.39 is 0 Å². The van der Waals surface area contributed by atoms with Gasteiger partial charge in [0, 0.05) is 32.0 Å². The van der Waals surface area contributed by atoms with Gasteiger partial charge >= 0.3 is 6.03 Å². The average Bonchev–Trinajstić information content (AvgIpc) is 3.24. The van der Waals surface area contributed by atoms with Gasteiger partial charge in [-0.25, -0.2) is 19.7 Å². The van der Waals surface area contributed by atoms with Crippen LogP contribution in [0.4, 0.5) is 16.6 Å². The lowest BCUT2D eigenvalue weighted by Crippen LogP contribution is -2.44. The van der Waals surface area contributed by atoms with Crippen molar-refractivity contribution in [2.75, 3.05) is 43.0 Å². The first kappa shape index (κ1) is 16.7. The van der Waals surface area contributed by atoms with Crippen LogP contribution in [0, 0.1) is 0 Å². The molecule has 2 aliphatic heterocycles. The molecule has 2 aromatic heterocycles. The lowest BCUT2D eigenvalue weighted by Gasteiger charge is -2.32. The summed E-state index contributed by atoms with van der Waals surface area (Å²) in [5, 5.41) is 2.82. The molecule has 1 N–H and O–H groups in total. The third kappa shape index (κ3) is 3.75. The molecule has 4 rings (SSSR count). The van der Waals surface area contributed by atoms with Crippen LogP contribution in [-0.2, 0) is 4.74 Å². The Bertz CT molecular complexity index is 750. The Morgan fingerprint density at radius 3 is 2.81 bits per heavy atom. The van der Waals surface area contributed by atoms with Crippen LogP contribution < -0.4 is 10.2 Å². The minimum atomic E-state index is -0.248. The van der Waals surface area contributed by atoms with Gasteiger partial charge in [0.1, 0.15) is 11.9 Å². The molecule has 26 heavy (non-hydrogen) atoms. The van der Waals surface area contributed by atoms with Crippen molar-refractivity contribution in [1.29, 1.82) is 0 Å². The summed E-state index contributed by atoms with van der Waals surface area (Å²) in [4.78, 5) is 29.6. The van der Waals surface area contributed by atoms with Crippen molar-refractivity contribution >= 4 is 17.8 Å². The van der Waals surface area contributed by atoms with Crippen LogP contribution in [0.15, 0.2) is 36.7 Å². The first-order valence-electron chi connectivity index (χ1n) is 8.96. The molecule has 2 aromatic rings. The molecule has 0 bridgehead atoms. The minimum absolute atomic E-state index is 0.175. The van der Waals surface area contributed by atoms with Gasteiger partial charge in [0.15, 0.2) is 0 Å². The largest absolute Gasteiger partial charge is 0.368 e. The molecule has 0 aliphatic carbocycles. The first-order chi connectivity index (χ1) is 12.8. The fraction of sp³-hybridized carbons (Fsp3) is 0.444.